The van der Waals surface area contributed by atoms with E-state index in [2.05, 4.69) is 26.1 Å². The molecule has 0 radical (unpaired) electrons. The fourth-order valence-corrected chi connectivity index (χ4v) is 3.51. The van der Waals surface area contributed by atoms with Crippen LogP contribution in [0.4, 0.5) is 11.4 Å². The van der Waals surface area contributed by atoms with Crippen molar-refractivity contribution in [1.29, 1.82) is 0 Å². The Labute approximate surface area is 120 Å². The molecule has 6 heteroatoms. The second kappa shape index (κ2) is 5.09. The minimum atomic E-state index is -0.293. The van der Waals surface area contributed by atoms with E-state index in [1.807, 2.05) is 12.1 Å². The van der Waals surface area contributed by atoms with E-state index in [4.69, 9.17) is 0 Å². The number of halogens is 1. The number of anilines is 1. The van der Waals surface area contributed by atoms with Gasteiger partial charge in [-0.3, -0.25) is 10.1 Å². The standard InChI is InChI=1S/C13H16BrN3O2/c14-11-1-2-12(13(5-11)17(18)19)16-4-3-9-6-15-7-10(9)8-16/h1-2,5,9-10,15H,3-4,6-8H2. The molecule has 0 bridgehead atoms. The predicted molar refractivity (Wildman–Crippen MR) is 77.5 cm³/mol. The van der Waals surface area contributed by atoms with Crippen molar-refractivity contribution in [3.05, 3.63) is 32.8 Å². The maximum absolute atomic E-state index is 11.2. The van der Waals surface area contributed by atoms with Crippen molar-refractivity contribution in [1.82, 2.24) is 5.32 Å². The van der Waals surface area contributed by atoms with Crippen molar-refractivity contribution in [2.75, 3.05) is 31.1 Å². The Morgan fingerprint density at radius 3 is 2.95 bits per heavy atom. The SMILES string of the molecule is O=[N+]([O-])c1cc(Br)ccc1N1CCC2CNCC2C1. The zero-order valence-electron chi connectivity index (χ0n) is 10.5. The largest absolute Gasteiger partial charge is 0.366 e. The summed E-state index contributed by atoms with van der Waals surface area (Å²) in [6.45, 7) is 3.96. The van der Waals surface area contributed by atoms with Crippen molar-refractivity contribution in [3.8, 4) is 0 Å². The van der Waals surface area contributed by atoms with Gasteiger partial charge in [0.05, 0.1) is 4.92 Å². The molecule has 2 unspecified atom stereocenters. The molecule has 1 aromatic carbocycles. The summed E-state index contributed by atoms with van der Waals surface area (Å²) in [5.41, 5.74) is 0.942. The lowest BCUT2D eigenvalue weighted by molar-refractivity contribution is -0.384. The van der Waals surface area contributed by atoms with Gasteiger partial charge in [-0.25, -0.2) is 0 Å². The lowest BCUT2D eigenvalue weighted by atomic mass is 9.88. The average molecular weight is 326 g/mol. The van der Waals surface area contributed by atoms with Gasteiger partial charge in [-0.1, -0.05) is 15.9 Å². The second-order valence-corrected chi connectivity index (χ2v) is 6.22. The van der Waals surface area contributed by atoms with Gasteiger partial charge in [0.2, 0.25) is 0 Å². The number of piperidine rings is 1. The summed E-state index contributed by atoms with van der Waals surface area (Å²) in [6.07, 6.45) is 1.12. The zero-order valence-corrected chi connectivity index (χ0v) is 12.1. The van der Waals surface area contributed by atoms with Crippen LogP contribution in [0, 0.1) is 22.0 Å². The van der Waals surface area contributed by atoms with Gasteiger partial charge in [-0.2, -0.15) is 0 Å². The summed E-state index contributed by atoms with van der Waals surface area (Å²) < 4.78 is 0.750. The fraction of sp³-hybridized carbons (Fsp3) is 0.538. The van der Waals surface area contributed by atoms with Crippen LogP contribution in [-0.2, 0) is 0 Å². The van der Waals surface area contributed by atoms with Gasteiger partial charge in [0.1, 0.15) is 5.69 Å². The monoisotopic (exact) mass is 325 g/mol. The van der Waals surface area contributed by atoms with E-state index < -0.39 is 0 Å². The van der Waals surface area contributed by atoms with Crippen LogP contribution in [0.15, 0.2) is 22.7 Å². The molecule has 2 heterocycles. The van der Waals surface area contributed by atoms with Crippen molar-refractivity contribution in [2.45, 2.75) is 6.42 Å². The first-order valence-corrected chi connectivity index (χ1v) is 7.34. The molecule has 19 heavy (non-hydrogen) atoms. The summed E-state index contributed by atoms with van der Waals surface area (Å²) in [5.74, 6) is 1.36. The van der Waals surface area contributed by atoms with Gasteiger partial charge in [0.25, 0.3) is 5.69 Å². The Morgan fingerprint density at radius 2 is 2.16 bits per heavy atom. The average Bonchev–Trinajstić information content (AvgIpc) is 2.85. The first-order valence-electron chi connectivity index (χ1n) is 6.55. The third-order valence-electron chi connectivity index (χ3n) is 4.18. The van der Waals surface area contributed by atoms with E-state index in [1.54, 1.807) is 6.07 Å². The summed E-state index contributed by atoms with van der Waals surface area (Å²) in [7, 11) is 0. The fourth-order valence-electron chi connectivity index (χ4n) is 3.16. The van der Waals surface area contributed by atoms with Crippen molar-refractivity contribution >= 4 is 27.3 Å². The Balaban J connectivity index is 1.87. The van der Waals surface area contributed by atoms with Gasteiger partial charge in [-0.15, -0.1) is 0 Å². The van der Waals surface area contributed by atoms with Gasteiger partial charge < -0.3 is 10.2 Å². The van der Waals surface area contributed by atoms with E-state index in [1.165, 1.54) is 0 Å². The summed E-state index contributed by atoms with van der Waals surface area (Å²) >= 11 is 3.30. The van der Waals surface area contributed by atoms with Crippen molar-refractivity contribution in [3.63, 3.8) is 0 Å². The van der Waals surface area contributed by atoms with E-state index in [9.17, 15) is 10.1 Å². The van der Waals surface area contributed by atoms with Crippen molar-refractivity contribution in [2.24, 2.45) is 11.8 Å². The maximum atomic E-state index is 11.2. The molecule has 0 saturated carbocycles. The molecule has 2 aliphatic heterocycles. The van der Waals surface area contributed by atoms with E-state index in [0.29, 0.717) is 5.92 Å². The molecule has 5 nitrogen and oxygen atoms in total. The van der Waals surface area contributed by atoms with Crippen LogP contribution >= 0.6 is 15.9 Å². The highest BCUT2D eigenvalue weighted by molar-refractivity contribution is 9.10. The van der Waals surface area contributed by atoms with Gasteiger partial charge in [0.15, 0.2) is 0 Å². The van der Waals surface area contributed by atoms with Gasteiger partial charge in [-0.05, 0) is 43.5 Å². The molecular weight excluding hydrogens is 310 g/mol. The number of hydrogen-bond donors (Lipinski definition) is 1. The molecule has 0 spiro atoms. The Morgan fingerprint density at radius 1 is 1.37 bits per heavy atom. The van der Waals surface area contributed by atoms with Crippen LogP contribution in [0.25, 0.3) is 0 Å². The summed E-state index contributed by atoms with van der Waals surface area (Å²) in [4.78, 5) is 13.1. The number of benzene rings is 1. The molecule has 2 aliphatic rings. The van der Waals surface area contributed by atoms with E-state index in [0.717, 1.165) is 48.7 Å². The molecule has 3 rings (SSSR count). The van der Waals surface area contributed by atoms with Gasteiger partial charge in [0, 0.05) is 23.6 Å². The lowest BCUT2D eigenvalue weighted by Gasteiger charge is -2.35. The minimum absolute atomic E-state index is 0.193. The molecule has 1 aromatic rings. The van der Waals surface area contributed by atoms with Gasteiger partial charge >= 0.3 is 0 Å². The van der Waals surface area contributed by atoms with E-state index in [-0.39, 0.29) is 10.6 Å². The highest BCUT2D eigenvalue weighted by Crippen LogP contribution is 2.35. The Hall–Kier alpha value is -1.14. The van der Waals surface area contributed by atoms with Crippen LogP contribution in [0.5, 0.6) is 0 Å². The normalized spacial score (nSPS) is 26.3. The number of nitrogens with one attached hydrogen (secondary N) is 1. The maximum Gasteiger partial charge on any atom is 0.293 e. The third kappa shape index (κ3) is 2.47. The number of nitro groups is 1. The molecule has 0 aliphatic carbocycles. The van der Waals surface area contributed by atoms with E-state index >= 15 is 0 Å². The topological polar surface area (TPSA) is 58.4 Å². The number of hydrogen-bond acceptors (Lipinski definition) is 4. The Kier molecular flexibility index (Phi) is 3.45. The first kappa shape index (κ1) is 12.9. The molecule has 2 fully saturated rings. The molecule has 2 atom stereocenters. The first-order chi connectivity index (χ1) is 9.15. The second-order valence-electron chi connectivity index (χ2n) is 5.30. The smallest absolute Gasteiger partial charge is 0.293 e. The summed E-state index contributed by atoms with van der Waals surface area (Å²) in [5, 5.41) is 14.6. The van der Waals surface area contributed by atoms with Crippen LogP contribution in [-0.4, -0.2) is 31.1 Å². The molecule has 2 saturated heterocycles. The Bertz CT molecular complexity index is 509. The highest BCUT2D eigenvalue weighted by Gasteiger charge is 2.34. The number of fused-ring (bicyclic) bond motifs is 1. The molecule has 0 amide bonds. The number of nitrogens with zero attached hydrogens (tertiary/aromatic N) is 2. The lowest BCUT2D eigenvalue weighted by Crippen LogP contribution is -2.40. The van der Waals surface area contributed by atoms with Crippen molar-refractivity contribution < 1.29 is 4.92 Å². The third-order valence-corrected chi connectivity index (χ3v) is 4.67. The number of nitro benzene ring substituents is 1. The minimum Gasteiger partial charge on any atom is -0.366 e. The van der Waals surface area contributed by atoms with Crippen LogP contribution in [0.2, 0.25) is 0 Å². The quantitative estimate of drug-likeness (QED) is 0.670. The highest BCUT2D eigenvalue weighted by atomic mass is 79.9. The number of rotatable bonds is 2. The van der Waals surface area contributed by atoms with Crippen LogP contribution in [0.3, 0.4) is 0 Å². The molecule has 0 aromatic heterocycles. The molecule has 1 N–H and O–H groups in total. The molecular formula is C13H16BrN3O2. The predicted octanol–water partition coefficient (Wildman–Crippen LogP) is 2.40. The summed E-state index contributed by atoms with van der Waals surface area (Å²) in [6, 6.07) is 5.32. The zero-order chi connectivity index (χ0) is 13.4. The molecule has 102 valence electrons. The van der Waals surface area contributed by atoms with Crippen LogP contribution in [0.1, 0.15) is 6.42 Å². The van der Waals surface area contributed by atoms with Crippen LogP contribution < -0.4 is 10.2 Å².